The van der Waals surface area contributed by atoms with Crippen LogP contribution in [0.3, 0.4) is 0 Å². The number of carbonyl (C=O) groups is 1. The molecule has 2 aromatic rings. The van der Waals surface area contributed by atoms with Crippen LogP contribution in [0, 0.1) is 17.5 Å². The molecule has 1 aliphatic heterocycles. The Morgan fingerprint density at radius 3 is 2.58 bits per heavy atom. The molecule has 0 fully saturated rings. The maximum absolute atomic E-state index is 14.0. The van der Waals surface area contributed by atoms with E-state index in [2.05, 4.69) is 0 Å². The van der Waals surface area contributed by atoms with Crippen molar-refractivity contribution in [3.05, 3.63) is 70.5 Å². The summed E-state index contributed by atoms with van der Waals surface area (Å²) in [6.07, 6.45) is 0.300. The van der Waals surface area contributed by atoms with Gasteiger partial charge < -0.3 is 9.80 Å². The van der Waals surface area contributed by atoms with Crippen molar-refractivity contribution in [2.45, 2.75) is 19.5 Å². The molecule has 6 heteroatoms. The number of benzene rings is 2. The van der Waals surface area contributed by atoms with Crippen LogP contribution in [0.5, 0.6) is 0 Å². The van der Waals surface area contributed by atoms with Crippen LogP contribution in [-0.4, -0.2) is 29.4 Å². The molecule has 0 atom stereocenters. The largest absolute Gasteiger partial charge is 0.323 e. The zero-order valence-corrected chi connectivity index (χ0v) is 13.2. The number of hydrogen-bond donors (Lipinski definition) is 0. The molecule has 0 saturated carbocycles. The lowest BCUT2D eigenvalue weighted by Crippen LogP contribution is -2.43. The highest BCUT2D eigenvalue weighted by Gasteiger charge is 2.28. The van der Waals surface area contributed by atoms with Crippen molar-refractivity contribution >= 4 is 6.03 Å². The van der Waals surface area contributed by atoms with Crippen LogP contribution in [-0.2, 0) is 19.5 Å². The van der Waals surface area contributed by atoms with E-state index < -0.39 is 17.5 Å². The van der Waals surface area contributed by atoms with Crippen LogP contribution in [0.15, 0.2) is 36.4 Å². The van der Waals surface area contributed by atoms with E-state index in [9.17, 15) is 18.0 Å². The standard InChI is InChI=1S/C18H17F3N2O/c1-22(10-12-5-3-2-4-6-12)18(24)23-8-7-13-9-15(19)17(21)16(20)14(13)11-23/h2-6,9H,7-8,10-11H2,1H3. The lowest BCUT2D eigenvalue weighted by Gasteiger charge is -2.32. The van der Waals surface area contributed by atoms with Gasteiger partial charge in [-0.15, -0.1) is 0 Å². The van der Waals surface area contributed by atoms with Crippen molar-refractivity contribution in [3.63, 3.8) is 0 Å². The Labute approximate surface area is 138 Å². The summed E-state index contributed by atoms with van der Waals surface area (Å²) in [7, 11) is 1.66. The average Bonchev–Trinajstić information content (AvgIpc) is 2.60. The van der Waals surface area contributed by atoms with Gasteiger partial charge in [0, 0.05) is 25.7 Å². The Morgan fingerprint density at radius 1 is 1.17 bits per heavy atom. The van der Waals surface area contributed by atoms with Gasteiger partial charge in [0.05, 0.1) is 6.54 Å². The highest BCUT2D eigenvalue weighted by molar-refractivity contribution is 5.74. The zero-order valence-electron chi connectivity index (χ0n) is 13.2. The second-order valence-corrected chi connectivity index (χ2v) is 5.92. The molecule has 3 rings (SSSR count). The molecule has 0 N–H and O–H groups in total. The van der Waals surface area contributed by atoms with E-state index >= 15 is 0 Å². The molecule has 3 nitrogen and oxygen atoms in total. The summed E-state index contributed by atoms with van der Waals surface area (Å²) in [5.41, 5.74) is 1.45. The highest BCUT2D eigenvalue weighted by Crippen LogP contribution is 2.26. The number of nitrogens with zero attached hydrogens (tertiary/aromatic N) is 2. The van der Waals surface area contributed by atoms with Crippen molar-refractivity contribution in [1.82, 2.24) is 9.80 Å². The molecule has 0 saturated heterocycles. The monoisotopic (exact) mass is 334 g/mol. The Morgan fingerprint density at radius 2 is 1.88 bits per heavy atom. The van der Waals surface area contributed by atoms with Gasteiger partial charge in [-0.2, -0.15) is 0 Å². The molecule has 1 heterocycles. The normalized spacial score (nSPS) is 13.6. The molecule has 24 heavy (non-hydrogen) atoms. The lowest BCUT2D eigenvalue weighted by atomic mass is 9.99. The van der Waals surface area contributed by atoms with Gasteiger partial charge in [-0.05, 0) is 23.6 Å². The summed E-state index contributed by atoms with van der Waals surface area (Å²) in [4.78, 5) is 15.5. The third kappa shape index (κ3) is 3.09. The topological polar surface area (TPSA) is 23.6 Å². The van der Waals surface area contributed by atoms with Crippen LogP contribution >= 0.6 is 0 Å². The summed E-state index contributed by atoms with van der Waals surface area (Å²) in [6.45, 7) is 0.703. The van der Waals surface area contributed by atoms with E-state index in [1.807, 2.05) is 30.3 Å². The predicted octanol–water partition coefficient (Wildman–Crippen LogP) is 3.71. The smallest absolute Gasteiger partial charge is 0.320 e. The molecule has 1 aliphatic rings. The second-order valence-electron chi connectivity index (χ2n) is 5.92. The third-order valence-electron chi connectivity index (χ3n) is 4.22. The fourth-order valence-corrected chi connectivity index (χ4v) is 2.93. The van der Waals surface area contributed by atoms with Crippen molar-refractivity contribution in [2.24, 2.45) is 0 Å². The molecular weight excluding hydrogens is 317 g/mol. The van der Waals surface area contributed by atoms with E-state index in [0.29, 0.717) is 25.1 Å². The first-order chi connectivity index (χ1) is 11.5. The van der Waals surface area contributed by atoms with E-state index in [-0.39, 0.29) is 18.1 Å². The van der Waals surface area contributed by atoms with Crippen LogP contribution < -0.4 is 0 Å². The minimum absolute atomic E-state index is 0.0570. The number of amides is 2. The van der Waals surface area contributed by atoms with Crippen molar-refractivity contribution < 1.29 is 18.0 Å². The van der Waals surface area contributed by atoms with Gasteiger partial charge in [-0.3, -0.25) is 0 Å². The fraction of sp³-hybridized carbons (Fsp3) is 0.278. The number of carbonyl (C=O) groups excluding carboxylic acids is 1. The van der Waals surface area contributed by atoms with Gasteiger partial charge in [0.2, 0.25) is 0 Å². The van der Waals surface area contributed by atoms with Crippen LogP contribution in [0.1, 0.15) is 16.7 Å². The van der Waals surface area contributed by atoms with Crippen molar-refractivity contribution in [1.29, 1.82) is 0 Å². The van der Waals surface area contributed by atoms with E-state index in [0.717, 1.165) is 11.6 Å². The molecule has 2 amide bonds. The van der Waals surface area contributed by atoms with Gasteiger partial charge in [0.15, 0.2) is 17.5 Å². The Kier molecular flexibility index (Phi) is 4.46. The second kappa shape index (κ2) is 6.55. The Balaban J connectivity index is 1.75. The Bertz CT molecular complexity index is 765. The fourth-order valence-electron chi connectivity index (χ4n) is 2.93. The molecule has 0 unspecified atom stereocenters. The molecule has 0 radical (unpaired) electrons. The minimum atomic E-state index is -1.49. The van der Waals surface area contributed by atoms with Gasteiger partial charge in [0.25, 0.3) is 0 Å². The number of halogens is 3. The molecular formula is C18H17F3N2O. The first-order valence-electron chi connectivity index (χ1n) is 7.66. The summed E-state index contributed by atoms with van der Waals surface area (Å²) >= 11 is 0. The molecule has 0 spiro atoms. The SMILES string of the molecule is CN(Cc1ccccc1)C(=O)N1CCc2cc(F)c(F)c(F)c2C1. The summed E-state index contributed by atoms with van der Waals surface area (Å²) in [5.74, 6) is -3.87. The van der Waals surface area contributed by atoms with Gasteiger partial charge >= 0.3 is 6.03 Å². The van der Waals surface area contributed by atoms with Gasteiger partial charge in [-0.1, -0.05) is 30.3 Å². The summed E-state index contributed by atoms with van der Waals surface area (Å²) < 4.78 is 40.7. The van der Waals surface area contributed by atoms with Crippen molar-refractivity contribution in [3.8, 4) is 0 Å². The number of hydrogen-bond acceptors (Lipinski definition) is 1. The maximum Gasteiger partial charge on any atom is 0.320 e. The molecule has 2 aromatic carbocycles. The molecule has 0 bridgehead atoms. The lowest BCUT2D eigenvalue weighted by molar-refractivity contribution is 0.154. The molecule has 126 valence electrons. The first kappa shape index (κ1) is 16.4. The third-order valence-corrected chi connectivity index (χ3v) is 4.22. The predicted molar refractivity (Wildman–Crippen MR) is 83.7 cm³/mol. The van der Waals surface area contributed by atoms with E-state index in [1.165, 1.54) is 9.80 Å². The van der Waals surface area contributed by atoms with E-state index in [4.69, 9.17) is 0 Å². The van der Waals surface area contributed by atoms with Crippen molar-refractivity contribution in [2.75, 3.05) is 13.6 Å². The van der Waals surface area contributed by atoms with Gasteiger partial charge in [-0.25, -0.2) is 18.0 Å². The molecule has 0 aliphatic carbocycles. The average molecular weight is 334 g/mol. The summed E-state index contributed by atoms with van der Waals surface area (Å²) in [5, 5.41) is 0. The highest BCUT2D eigenvalue weighted by atomic mass is 19.2. The summed E-state index contributed by atoms with van der Waals surface area (Å²) in [6, 6.07) is 10.2. The van der Waals surface area contributed by atoms with Gasteiger partial charge in [0.1, 0.15) is 0 Å². The first-order valence-corrected chi connectivity index (χ1v) is 7.66. The maximum atomic E-state index is 14.0. The number of fused-ring (bicyclic) bond motifs is 1. The minimum Gasteiger partial charge on any atom is -0.323 e. The van der Waals surface area contributed by atoms with Crippen LogP contribution in [0.25, 0.3) is 0 Å². The zero-order chi connectivity index (χ0) is 17.3. The van der Waals surface area contributed by atoms with Crippen LogP contribution in [0.4, 0.5) is 18.0 Å². The Hall–Kier alpha value is -2.50. The number of rotatable bonds is 2. The van der Waals surface area contributed by atoms with Crippen LogP contribution in [0.2, 0.25) is 0 Å². The quantitative estimate of drug-likeness (QED) is 0.768. The molecule has 0 aromatic heterocycles. The number of urea groups is 1. The van der Waals surface area contributed by atoms with E-state index in [1.54, 1.807) is 7.05 Å².